The van der Waals surface area contributed by atoms with E-state index < -0.39 is 10.2 Å². The van der Waals surface area contributed by atoms with Gasteiger partial charge in [-0.25, -0.2) is 0 Å². The van der Waals surface area contributed by atoms with Crippen LogP contribution in [0.25, 0.3) is 11.3 Å². The second-order valence-electron chi connectivity index (χ2n) is 7.09. The predicted octanol–water partition coefficient (Wildman–Crippen LogP) is 3.37. The Labute approximate surface area is 170 Å². The van der Waals surface area contributed by atoms with Gasteiger partial charge in [0.1, 0.15) is 5.69 Å². The quantitative estimate of drug-likeness (QED) is 0.726. The van der Waals surface area contributed by atoms with Crippen LogP contribution in [0.15, 0.2) is 35.4 Å². The first-order valence-corrected chi connectivity index (χ1v) is 10.1. The van der Waals surface area contributed by atoms with Gasteiger partial charge in [-0.3, -0.25) is 4.68 Å². The number of piperidine rings is 1. The van der Waals surface area contributed by atoms with Gasteiger partial charge in [-0.15, -0.1) is 33.8 Å². The first-order valence-electron chi connectivity index (χ1n) is 8.68. The Morgan fingerprint density at radius 1 is 1.11 bits per heavy atom. The van der Waals surface area contributed by atoms with E-state index in [0.717, 1.165) is 24.4 Å². The first-order chi connectivity index (χ1) is 12.0. The van der Waals surface area contributed by atoms with Crippen LogP contribution in [-0.4, -0.2) is 35.5 Å². The molecule has 0 saturated carbocycles. The van der Waals surface area contributed by atoms with Crippen molar-refractivity contribution in [3.8, 4) is 11.3 Å². The van der Waals surface area contributed by atoms with Crippen molar-refractivity contribution in [2.75, 3.05) is 0 Å². The fourth-order valence-electron chi connectivity index (χ4n) is 4.05. The van der Waals surface area contributed by atoms with Crippen LogP contribution in [0.5, 0.6) is 0 Å². The van der Waals surface area contributed by atoms with Crippen LogP contribution in [-0.2, 0) is 16.8 Å². The SMILES string of the molecule is Cl.Cl.O=S(=O)(F)c1ccc(-c2cn(CCC3CC4CCC(C3)N4)nn2)cc1. The molecule has 1 aromatic heterocycles. The number of fused-ring (bicyclic) bond motifs is 2. The summed E-state index contributed by atoms with van der Waals surface area (Å²) in [5.74, 6) is 0.737. The van der Waals surface area contributed by atoms with Gasteiger partial charge in [-0.1, -0.05) is 17.3 Å². The van der Waals surface area contributed by atoms with Gasteiger partial charge in [-0.05, 0) is 50.2 Å². The first kappa shape index (κ1) is 22.1. The molecule has 6 nitrogen and oxygen atoms in total. The van der Waals surface area contributed by atoms with Crippen molar-refractivity contribution in [3.63, 3.8) is 0 Å². The molecule has 150 valence electrons. The van der Waals surface area contributed by atoms with Crippen molar-refractivity contribution in [1.82, 2.24) is 20.3 Å². The minimum atomic E-state index is -4.67. The van der Waals surface area contributed by atoms with Gasteiger partial charge in [0.05, 0.1) is 11.1 Å². The second kappa shape index (κ2) is 8.86. The van der Waals surface area contributed by atoms with E-state index in [9.17, 15) is 12.3 Å². The number of halogens is 3. The summed E-state index contributed by atoms with van der Waals surface area (Å²) >= 11 is 0. The topological polar surface area (TPSA) is 76.9 Å². The lowest BCUT2D eigenvalue weighted by Crippen LogP contribution is -2.38. The number of aryl methyl sites for hydroxylation is 1. The zero-order valence-electron chi connectivity index (χ0n) is 14.6. The molecule has 0 aliphatic carbocycles. The van der Waals surface area contributed by atoms with E-state index in [1.54, 1.807) is 12.1 Å². The van der Waals surface area contributed by atoms with E-state index in [2.05, 4.69) is 15.6 Å². The Morgan fingerprint density at radius 3 is 2.33 bits per heavy atom. The van der Waals surface area contributed by atoms with Crippen LogP contribution in [0.3, 0.4) is 0 Å². The molecule has 4 rings (SSSR count). The van der Waals surface area contributed by atoms with Gasteiger partial charge >= 0.3 is 10.2 Å². The largest absolute Gasteiger partial charge is 0.332 e. The lowest BCUT2D eigenvalue weighted by molar-refractivity contribution is 0.272. The number of rotatable bonds is 5. The van der Waals surface area contributed by atoms with Crippen molar-refractivity contribution >= 4 is 35.0 Å². The van der Waals surface area contributed by atoms with Crippen LogP contribution in [0, 0.1) is 5.92 Å². The highest BCUT2D eigenvalue weighted by Gasteiger charge is 2.33. The molecule has 3 heterocycles. The van der Waals surface area contributed by atoms with Crippen LogP contribution in [0.4, 0.5) is 3.89 Å². The Morgan fingerprint density at radius 2 is 1.74 bits per heavy atom. The van der Waals surface area contributed by atoms with Gasteiger partial charge < -0.3 is 5.32 Å². The number of hydrogen-bond acceptors (Lipinski definition) is 5. The minimum absolute atomic E-state index is 0. The third-order valence-corrected chi connectivity index (χ3v) is 6.14. The van der Waals surface area contributed by atoms with Gasteiger partial charge in [-0.2, -0.15) is 8.42 Å². The summed E-state index contributed by atoms with van der Waals surface area (Å²) in [4.78, 5) is -0.343. The molecule has 2 aliphatic rings. The smallest absolute Gasteiger partial charge is 0.311 e. The molecule has 27 heavy (non-hydrogen) atoms. The van der Waals surface area contributed by atoms with Crippen molar-refractivity contribution in [3.05, 3.63) is 30.5 Å². The second-order valence-corrected chi connectivity index (χ2v) is 8.44. The average Bonchev–Trinajstić information content (AvgIpc) is 3.19. The fraction of sp³-hybridized carbons (Fsp3) is 0.529. The number of hydrogen-bond donors (Lipinski definition) is 1. The minimum Gasteiger partial charge on any atom is -0.311 e. The molecule has 10 heteroatoms. The van der Waals surface area contributed by atoms with Crippen molar-refractivity contribution < 1.29 is 12.3 Å². The van der Waals surface area contributed by atoms with Crippen LogP contribution in [0.1, 0.15) is 32.1 Å². The molecule has 2 aromatic rings. The third-order valence-electron chi connectivity index (χ3n) is 5.31. The zero-order valence-corrected chi connectivity index (χ0v) is 17.1. The molecular formula is C17H23Cl2FN4O2S. The van der Waals surface area contributed by atoms with Crippen molar-refractivity contribution in [2.45, 2.75) is 55.6 Å². The van der Waals surface area contributed by atoms with E-state index in [1.165, 1.54) is 37.8 Å². The highest BCUT2D eigenvalue weighted by atomic mass is 35.5. The molecule has 2 atom stereocenters. The summed E-state index contributed by atoms with van der Waals surface area (Å²) < 4.78 is 36.5. The lowest BCUT2D eigenvalue weighted by atomic mass is 9.90. The summed E-state index contributed by atoms with van der Waals surface area (Å²) in [6.07, 6.45) is 8.05. The van der Waals surface area contributed by atoms with Gasteiger partial charge in [0, 0.05) is 24.2 Å². The number of nitrogens with one attached hydrogen (secondary N) is 1. The Hall–Kier alpha value is -1.22. The van der Waals surface area contributed by atoms with Crippen LogP contribution in [0.2, 0.25) is 0 Å². The maximum Gasteiger partial charge on any atom is 0.332 e. The molecule has 0 spiro atoms. The van der Waals surface area contributed by atoms with E-state index in [0.29, 0.717) is 17.8 Å². The average molecular weight is 437 g/mol. The number of aromatic nitrogens is 3. The highest BCUT2D eigenvalue weighted by molar-refractivity contribution is 7.86. The summed E-state index contributed by atoms with van der Waals surface area (Å²) in [6, 6.07) is 6.97. The number of nitrogens with zero attached hydrogens (tertiary/aromatic N) is 3. The van der Waals surface area contributed by atoms with E-state index in [-0.39, 0.29) is 29.7 Å². The number of benzene rings is 1. The Bertz CT molecular complexity index is 848. The maximum atomic E-state index is 12.9. The summed E-state index contributed by atoms with van der Waals surface area (Å²) in [6.45, 7) is 0.827. The summed E-state index contributed by atoms with van der Waals surface area (Å²) in [7, 11) is -4.67. The molecule has 2 unspecified atom stereocenters. The van der Waals surface area contributed by atoms with E-state index in [4.69, 9.17) is 0 Å². The molecule has 2 aliphatic heterocycles. The summed E-state index contributed by atoms with van der Waals surface area (Å²) in [5.41, 5.74) is 1.38. The molecule has 2 bridgehead atoms. The molecule has 2 fully saturated rings. The zero-order chi connectivity index (χ0) is 17.4. The molecule has 1 aromatic carbocycles. The summed E-state index contributed by atoms with van der Waals surface area (Å²) in [5, 5.41) is 12.0. The van der Waals surface area contributed by atoms with Crippen molar-refractivity contribution in [2.24, 2.45) is 5.92 Å². The molecule has 0 amide bonds. The van der Waals surface area contributed by atoms with Gasteiger partial charge in [0.2, 0.25) is 0 Å². The van der Waals surface area contributed by atoms with Gasteiger partial charge in [0.25, 0.3) is 0 Å². The lowest BCUT2D eigenvalue weighted by Gasteiger charge is -2.28. The molecule has 0 radical (unpaired) electrons. The maximum absolute atomic E-state index is 12.9. The monoisotopic (exact) mass is 436 g/mol. The normalized spacial score (nSPS) is 24.1. The Balaban J connectivity index is 0.00000131. The molecule has 1 N–H and O–H groups in total. The molecular weight excluding hydrogens is 414 g/mol. The van der Waals surface area contributed by atoms with Gasteiger partial charge in [0.15, 0.2) is 0 Å². The van der Waals surface area contributed by atoms with E-state index in [1.807, 2.05) is 10.9 Å². The van der Waals surface area contributed by atoms with Crippen molar-refractivity contribution in [1.29, 1.82) is 0 Å². The fourth-order valence-corrected chi connectivity index (χ4v) is 4.52. The van der Waals surface area contributed by atoms with Crippen LogP contribution >= 0.6 is 24.8 Å². The van der Waals surface area contributed by atoms with E-state index >= 15 is 0 Å². The molecule has 2 saturated heterocycles. The predicted molar refractivity (Wildman–Crippen MR) is 106 cm³/mol. The third kappa shape index (κ3) is 5.19. The highest BCUT2D eigenvalue weighted by Crippen LogP contribution is 2.33. The van der Waals surface area contributed by atoms with Crippen LogP contribution < -0.4 is 5.32 Å². The standard InChI is InChI=1S/C17H21FN4O2S.2ClH/c18-25(23,24)16-5-1-13(2-6-16)17-11-22(21-20-17)8-7-12-9-14-3-4-15(10-12)19-14;;/h1-2,5-6,11-12,14-15,19H,3-4,7-10H2;2*1H. The Kier molecular flexibility index (Phi) is 7.24.